The van der Waals surface area contributed by atoms with Crippen LogP contribution in [0.25, 0.3) is 5.69 Å². The molecule has 0 atom stereocenters. The van der Waals surface area contributed by atoms with Crippen LogP contribution in [0.15, 0.2) is 53.6 Å². The number of rotatable bonds is 6. The van der Waals surface area contributed by atoms with E-state index in [0.717, 1.165) is 12.1 Å². The van der Waals surface area contributed by atoms with Crippen molar-refractivity contribution in [3.63, 3.8) is 0 Å². The fourth-order valence-electron chi connectivity index (χ4n) is 3.61. The summed E-state index contributed by atoms with van der Waals surface area (Å²) in [6, 6.07) is 12.8. The highest BCUT2D eigenvalue weighted by atomic mass is 16.6. The van der Waals surface area contributed by atoms with Gasteiger partial charge in [0.15, 0.2) is 0 Å². The third-order valence-corrected chi connectivity index (χ3v) is 5.36. The number of nitro groups is 1. The number of hydrazone groups is 1. The van der Waals surface area contributed by atoms with Gasteiger partial charge >= 0.3 is 0 Å². The van der Waals surface area contributed by atoms with Crippen LogP contribution in [0, 0.1) is 17.0 Å². The van der Waals surface area contributed by atoms with Gasteiger partial charge in [0.1, 0.15) is 5.69 Å². The highest BCUT2D eigenvalue weighted by Gasteiger charge is 2.21. The second-order valence-corrected chi connectivity index (χ2v) is 7.55. The van der Waals surface area contributed by atoms with Gasteiger partial charge in [0.2, 0.25) is 5.91 Å². The minimum absolute atomic E-state index is 0.0540. The molecule has 0 aliphatic carbocycles. The van der Waals surface area contributed by atoms with Crippen molar-refractivity contribution >= 4 is 28.9 Å². The molecule has 0 unspecified atom stereocenters. The maximum Gasteiger partial charge on any atom is 0.271 e. The molecule has 33 heavy (non-hydrogen) atoms. The van der Waals surface area contributed by atoms with E-state index in [2.05, 4.69) is 20.8 Å². The number of hydrogen-bond donors (Lipinski definition) is 1. The Balaban J connectivity index is 1.47. The van der Waals surface area contributed by atoms with E-state index in [1.165, 1.54) is 16.8 Å². The van der Waals surface area contributed by atoms with E-state index in [1.54, 1.807) is 55.1 Å². The van der Waals surface area contributed by atoms with Crippen LogP contribution in [-0.2, 0) is 4.79 Å². The third kappa shape index (κ3) is 4.47. The van der Waals surface area contributed by atoms with Crippen LogP contribution in [0.5, 0.6) is 0 Å². The van der Waals surface area contributed by atoms with E-state index >= 15 is 0 Å². The summed E-state index contributed by atoms with van der Waals surface area (Å²) >= 11 is 0. The third-order valence-electron chi connectivity index (χ3n) is 5.36. The zero-order valence-corrected chi connectivity index (χ0v) is 18.1. The largest absolute Gasteiger partial charge is 0.312 e. The SMILES string of the molecule is C/C(=N\NC(=O)c1ccc(N2CCCC2=O)cc1)c1nnn(-c2cccc([N+](=O)[O-])c2)c1C. The average Bonchev–Trinajstić information content (AvgIpc) is 3.42. The first-order valence-electron chi connectivity index (χ1n) is 10.3. The molecule has 1 fully saturated rings. The fourth-order valence-corrected chi connectivity index (χ4v) is 3.61. The topological polar surface area (TPSA) is 136 Å². The van der Waals surface area contributed by atoms with E-state index in [-0.39, 0.29) is 11.6 Å². The Bertz CT molecular complexity index is 1260. The Morgan fingerprint density at radius 2 is 1.94 bits per heavy atom. The molecule has 0 spiro atoms. The summed E-state index contributed by atoms with van der Waals surface area (Å²) in [5.74, 6) is -0.321. The van der Waals surface area contributed by atoms with Crippen LogP contribution in [0.2, 0.25) is 0 Å². The zero-order valence-electron chi connectivity index (χ0n) is 18.1. The number of hydrogen-bond acceptors (Lipinski definition) is 7. The maximum absolute atomic E-state index is 12.5. The van der Waals surface area contributed by atoms with Gasteiger partial charge in [0.05, 0.1) is 22.0 Å². The first kappa shape index (κ1) is 21.8. The number of benzene rings is 2. The van der Waals surface area contributed by atoms with Crippen molar-refractivity contribution in [2.45, 2.75) is 26.7 Å². The molecule has 0 saturated carbocycles. The van der Waals surface area contributed by atoms with Crippen LogP contribution >= 0.6 is 0 Å². The fraction of sp³-hybridized carbons (Fsp3) is 0.227. The van der Waals surface area contributed by atoms with Gasteiger partial charge in [-0.05, 0) is 50.6 Å². The standard InChI is InChI=1S/C22H21N7O4/c1-14(21-15(2)28(26-24-21)18-5-3-6-19(13-18)29(32)33)23-25-22(31)16-8-10-17(11-9-16)27-12-4-7-20(27)30/h3,5-6,8-11,13H,4,7,12H2,1-2H3,(H,25,31)/b23-14+. The average molecular weight is 447 g/mol. The number of carbonyl (C=O) groups excluding carboxylic acids is 2. The van der Waals surface area contributed by atoms with E-state index in [0.29, 0.717) is 41.3 Å². The van der Waals surface area contributed by atoms with Crippen LogP contribution in [0.3, 0.4) is 0 Å². The Morgan fingerprint density at radius 3 is 2.61 bits per heavy atom. The smallest absolute Gasteiger partial charge is 0.271 e. The second kappa shape index (κ2) is 8.99. The number of carbonyl (C=O) groups is 2. The Kier molecular flexibility index (Phi) is 5.94. The normalized spacial score (nSPS) is 13.9. The molecule has 1 saturated heterocycles. The van der Waals surface area contributed by atoms with Crippen molar-refractivity contribution in [1.29, 1.82) is 0 Å². The van der Waals surface area contributed by atoms with Crippen molar-refractivity contribution in [3.8, 4) is 5.69 Å². The molecule has 1 aliphatic rings. The number of nitro benzene ring substituents is 1. The van der Waals surface area contributed by atoms with Crippen LogP contribution in [-0.4, -0.2) is 44.0 Å². The molecule has 0 bridgehead atoms. The predicted octanol–water partition coefficient (Wildman–Crippen LogP) is 2.76. The molecule has 4 rings (SSSR count). The monoisotopic (exact) mass is 447 g/mol. The first-order chi connectivity index (χ1) is 15.8. The van der Waals surface area contributed by atoms with Gasteiger partial charge in [0, 0.05) is 36.3 Å². The van der Waals surface area contributed by atoms with Gasteiger partial charge in [-0.1, -0.05) is 11.3 Å². The molecule has 168 valence electrons. The summed E-state index contributed by atoms with van der Waals surface area (Å²) in [5.41, 5.74) is 5.60. The summed E-state index contributed by atoms with van der Waals surface area (Å²) in [7, 11) is 0. The molecule has 2 aromatic carbocycles. The van der Waals surface area contributed by atoms with Gasteiger partial charge < -0.3 is 4.90 Å². The lowest BCUT2D eigenvalue weighted by atomic mass is 10.2. The molecule has 3 aromatic rings. The molecule has 1 aromatic heterocycles. The Morgan fingerprint density at radius 1 is 1.18 bits per heavy atom. The molecule has 0 radical (unpaired) electrons. The van der Waals surface area contributed by atoms with Crippen molar-refractivity contribution in [3.05, 3.63) is 75.6 Å². The maximum atomic E-state index is 12.5. The van der Waals surface area contributed by atoms with Gasteiger partial charge in [-0.15, -0.1) is 5.10 Å². The molecule has 11 heteroatoms. The van der Waals surface area contributed by atoms with E-state index in [4.69, 9.17) is 0 Å². The van der Waals surface area contributed by atoms with Crippen LogP contribution in [0.1, 0.15) is 41.5 Å². The molecule has 1 N–H and O–H groups in total. The molecule has 11 nitrogen and oxygen atoms in total. The van der Waals surface area contributed by atoms with Crippen LogP contribution < -0.4 is 10.3 Å². The second-order valence-electron chi connectivity index (χ2n) is 7.55. The lowest BCUT2D eigenvalue weighted by Crippen LogP contribution is -2.24. The van der Waals surface area contributed by atoms with Gasteiger partial charge in [0.25, 0.3) is 11.6 Å². The first-order valence-corrected chi connectivity index (χ1v) is 10.3. The number of aromatic nitrogens is 3. The predicted molar refractivity (Wildman–Crippen MR) is 120 cm³/mol. The van der Waals surface area contributed by atoms with Crippen molar-refractivity contribution in [2.75, 3.05) is 11.4 Å². The summed E-state index contributed by atoms with van der Waals surface area (Å²) in [6.45, 7) is 4.12. The summed E-state index contributed by atoms with van der Waals surface area (Å²) in [6.07, 6.45) is 1.38. The summed E-state index contributed by atoms with van der Waals surface area (Å²) < 4.78 is 1.47. The van der Waals surface area contributed by atoms with Crippen LogP contribution in [0.4, 0.5) is 11.4 Å². The summed E-state index contributed by atoms with van der Waals surface area (Å²) in [4.78, 5) is 36.6. The lowest BCUT2D eigenvalue weighted by Gasteiger charge is -2.15. The van der Waals surface area contributed by atoms with E-state index in [1.807, 2.05) is 0 Å². The quantitative estimate of drug-likeness (QED) is 0.351. The molecular weight excluding hydrogens is 426 g/mol. The van der Waals surface area contributed by atoms with Crippen molar-refractivity contribution < 1.29 is 14.5 Å². The van der Waals surface area contributed by atoms with Gasteiger partial charge in [-0.3, -0.25) is 19.7 Å². The van der Waals surface area contributed by atoms with E-state index < -0.39 is 10.8 Å². The Hall–Kier alpha value is -4.41. The molecule has 2 heterocycles. The van der Waals surface area contributed by atoms with E-state index in [9.17, 15) is 19.7 Å². The number of nitrogens with zero attached hydrogens (tertiary/aromatic N) is 6. The minimum Gasteiger partial charge on any atom is -0.312 e. The number of nitrogens with one attached hydrogen (secondary N) is 1. The Labute approximate surface area is 188 Å². The highest BCUT2D eigenvalue weighted by molar-refractivity contribution is 6.01. The molecular formula is C22H21N7O4. The highest BCUT2D eigenvalue weighted by Crippen LogP contribution is 2.22. The van der Waals surface area contributed by atoms with Gasteiger partial charge in [-0.25, -0.2) is 10.1 Å². The summed E-state index contributed by atoms with van der Waals surface area (Å²) in [5, 5.41) is 23.3. The number of anilines is 1. The number of amides is 2. The van der Waals surface area contributed by atoms with Crippen molar-refractivity contribution in [2.24, 2.45) is 5.10 Å². The van der Waals surface area contributed by atoms with Gasteiger partial charge in [-0.2, -0.15) is 5.10 Å². The zero-order chi connectivity index (χ0) is 23.5. The minimum atomic E-state index is -0.478. The molecule has 1 aliphatic heterocycles. The van der Waals surface area contributed by atoms with Crippen molar-refractivity contribution in [1.82, 2.24) is 20.4 Å². The number of non-ortho nitro benzene ring substituents is 1. The molecule has 2 amide bonds. The lowest BCUT2D eigenvalue weighted by molar-refractivity contribution is -0.384.